The Balaban J connectivity index is 2.22. The number of ether oxygens (including phenoxy) is 1. The van der Waals surface area contributed by atoms with Crippen LogP contribution in [0.3, 0.4) is 0 Å². The standard InChI is InChI=1S/C8H14O/c1-5-4-6-8(2,3)7(5)9-6/h5-7H,4H2,1-3H3. The van der Waals surface area contributed by atoms with Gasteiger partial charge in [0.25, 0.3) is 0 Å². The second kappa shape index (κ2) is 1.34. The molecule has 0 aromatic carbocycles. The number of fused-ring (bicyclic) bond motifs is 1. The van der Waals surface area contributed by atoms with E-state index in [1.54, 1.807) is 0 Å². The molecule has 2 aliphatic heterocycles. The van der Waals surface area contributed by atoms with Crippen LogP contribution in [0.5, 0.6) is 0 Å². The van der Waals surface area contributed by atoms with Crippen LogP contribution in [0.2, 0.25) is 0 Å². The minimum Gasteiger partial charge on any atom is -0.373 e. The summed E-state index contributed by atoms with van der Waals surface area (Å²) in [6, 6.07) is 0. The molecule has 9 heavy (non-hydrogen) atoms. The largest absolute Gasteiger partial charge is 0.373 e. The third-order valence-electron chi connectivity index (χ3n) is 2.98. The number of rotatable bonds is 0. The van der Waals surface area contributed by atoms with Crippen LogP contribution in [-0.4, -0.2) is 12.2 Å². The van der Waals surface area contributed by atoms with Crippen LogP contribution in [0.25, 0.3) is 0 Å². The molecule has 3 aliphatic rings. The first kappa shape index (κ1) is 5.72. The van der Waals surface area contributed by atoms with Crippen LogP contribution in [-0.2, 0) is 4.74 Å². The lowest BCUT2D eigenvalue weighted by atomic mass is 9.81. The van der Waals surface area contributed by atoms with Crippen molar-refractivity contribution in [2.75, 3.05) is 0 Å². The number of hydrogen-bond acceptors (Lipinski definition) is 1. The summed E-state index contributed by atoms with van der Waals surface area (Å²) in [4.78, 5) is 0. The maximum Gasteiger partial charge on any atom is 0.0681 e. The van der Waals surface area contributed by atoms with E-state index in [0.717, 1.165) is 5.92 Å². The average Bonchev–Trinajstić information content (AvgIpc) is 2.20. The van der Waals surface area contributed by atoms with Gasteiger partial charge in [-0.25, -0.2) is 0 Å². The normalized spacial score (nSPS) is 53.0. The quantitative estimate of drug-likeness (QED) is 0.481. The molecule has 3 atom stereocenters. The number of hydrogen-bond donors (Lipinski definition) is 0. The van der Waals surface area contributed by atoms with E-state index in [1.807, 2.05) is 0 Å². The van der Waals surface area contributed by atoms with Gasteiger partial charge in [0.15, 0.2) is 0 Å². The molecule has 0 amide bonds. The Hall–Kier alpha value is -0.0400. The minimum absolute atomic E-state index is 0.499. The summed E-state index contributed by atoms with van der Waals surface area (Å²) in [7, 11) is 0. The molecule has 3 rings (SSSR count). The molecule has 0 aromatic rings. The SMILES string of the molecule is CC1CC2OC1C2(C)C. The first-order valence-electron chi connectivity index (χ1n) is 3.78. The van der Waals surface area contributed by atoms with Crippen LogP contribution in [0, 0.1) is 11.3 Å². The highest BCUT2D eigenvalue weighted by molar-refractivity contribution is 5.06. The Morgan fingerprint density at radius 2 is 2.11 bits per heavy atom. The summed E-state index contributed by atoms with van der Waals surface area (Å²) in [6.45, 7) is 6.92. The zero-order chi connectivity index (χ0) is 6.65. The van der Waals surface area contributed by atoms with Crippen molar-refractivity contribution in [2.45, 2.75) is 39.4 Å². The molecule has 3 unspecified atom stereocenters. The summed E-state index contributed by atoms with van der Waals surface area (Å²) in [5.74, 6) is 0.810. The van der Waals surface area contributed by atoms with Crippen molar-refractivity contribution in [2.24, 2.45) is 11.3 Å². The molecule has 0 radical (unpaired) electrons. The van der Waals surface area contributed by atoms with Gasteiger partial charge in [-0.15, -0.1) is 0 Å². The summed E-state index contributed by atoms with van der Waals surface area (Å²) in [5, 5.41) is 0. The lowest BCUT2D eigenvalue weighted by Gasteiger charge is -2.44. The monoisotopic (exact) mass is 126 g/mol. The predicted octanol–water partition coefficient (Wildman–Crippen LogP) is 1.82. The van der Waals surface area contributed by atoms with Gasteiger partial charge in [-0.1, -0.05) is 20.8 Å². The van der Waals surface area contributed by atoms with E-state index in [2.05, 4.69) is 20.8 Å². The maximum absolute atomic E-state index is 5.58. The summed E-state index contributed by atoms with van der Waals surface area (Å²) < 4.78 is 5.58. The van der Waals surface area contributed by atoms with Gasteiger partial charge in [-0.2, -0.15) is 0 Å². The van der Waals surface area contributed by atoms with Crippen molar-refractivity contribution in [1.82, 2.24) is 0 Å². The van der Waals surface area contributed by atoms with Gasteiger partial charge in [0.05, 0.1) is 12.2 Å². The molecule has 1 heteroatoms. The fourth-order valence-corrected chi connectivity index (χ4v) is 2.33. The Bertz CT molecular complexity index is 140. The van der Waals surface area contributed by atoms with E-state index in [1.165, 1.54) is 6.42 Å². The van der Waals surface area contributed by atoms with Gasteiger partial charge in [0.1, 0.15) is 0 Å². The molecule has 2 bridgehead atoms. The zero-order valence-electron chi connectivity index (χ0n) is 6.35. The minimum atomic E-state index is 0.499. The third kappa shape index (κ3) is 0.493. The van der Waals surface area contributed by atoms with Gasteiger partial charge in [-0.05, 0) is 12.3 Å². The summed E-state index contributed by atoms with van der Waals surface area (Å²) >= 11 is 0. The molecule has 1 saturated carbocycles. The second-order valence-corrected chi connectivity index (χ2v) is 4.08. The fourth-order valence-electron chi connectivity index (χ4n) is 2.33. The molecule has 3 fully saturated rings. The van der Waals surface area contributed by atoms with Gasteiger partial charge < -0.3 is 4.74 Å². The van der Waals surface area contributed by atoms with E-state index in [9.17, 15) is 0 Å². The average molecular weight is 126 g/mol. The first-order valence-corrected chi connectivity index (χ1v) is 3.78. The summed E-state index contributed by atoms with van der Waals surface area (Å²) in [5.41, 5.74) is 0.499. The Morgan fingerprint density at radius 1 is 1.44 bits per heavy atom. The van der Waals surface area contributed by atoms with Crippen molar-refractivity contribution in [3.8, 4) is 0 Å². The topological polar surface area (TPSA) is 9.23 Å². The molecular formula is C8H14O. The third-order valence-corrected chi connectivity index (χ3v) is 2.98. The van der Waals surface area contributed by atoms with Gasteiger partial charge >= 0.3 is 0 Å². The van der Waals surface area contributed by atoms with Crippen molar-refractivity contribution in [3.63, 3.8) is 0 Å². The van der Waals surface area contributed by atoms with E-state index < -0.39 is 0 Å². The molecule has 52 valence electrons. The molecule has 2 heterocycles. The van der Waals surface area contributed by atoms with Crippen molar-refractivity contribution in [1.29, 1.82) is 0 Å². The van der Waals surface area contributed by atoms with Crippen molar-refractivity contribution < 1.29 is 4.74 Å². The second-order valence-electron chi connectivity index (χ2n) is 4.08. The van der Waals surface area contributed by atoms with Gasteiger partial charge in [0, 0.05) is 5.41 Å². The maximum atomic E-state index is 5.58. The molecule has 1 nitrogen and oxygen atoms in total. The van der Waals surface area contributed by atoms with Crippen LogP contribution in [0.1, 0.15) is 27.2 Å². The van der Waals surface area contributed by atoms with E-state index in [4.69, 9.17) is 4.74 Å². The lowest BCUT2D eigenvalue weighted by Crippen LogP contribution is -2.49. The van der Waals surface area contributed by atoms with E-state index >= 15 is 0 Å². The summed E-state index contributed by atoms with van der Waals surface area (Å²) in [6.07, 6.45) is 2.44. The highest BCUT2D eigenvalue weighted by atomic mass is 16.5. The molecule has 2 saturated heterocycles. The van der Waals surface area contributed by atoms with Crippen LogP contribution in [0.4, 0.5) is 0 Å². The first-order chi connectivity index (χ1) is 4.12. The van der Waals surface area contributed by atoms with Crippen molar-refractivity contribution in [3.05, 3.63) is 0 Å². The zero-order valence-corrected chi connectivity index (χ0v) is 6.35. The van der Waals surface area contributed by atoms with E-state index in [0.29, 0.717) is 17.6 Å². The molecule has 0 aromatic heterocycles. The Kier molecular flexibility index (Phi) is 0.852. The van der Waals surface area contributed by atoms with Crippen LogP contribution in [0.15, 0.2) is 0 Å². The molecule has 0 spiro atoms. The van der Waals surface area contributed by atoms with Crippen molar-refractivity contribution >= 4 is 0 Å². The van der Waals surface area contributed by atoms with E-state index in [-0.39, 0.29) is 0 Å². The highest BCUT2D eigenvalue weighted by Gasteiger charge is 2.58. The predicted molar refractivity (Wildman–Crippen MR) is 36.2 cm³/mol. The Morgan fingerprint density at radius 3 is 2.22 bits per heavy atom. The van der Waals surface area contributed by atoms with Gasteiger partial charge in [-0.3, -0.25) is 0 Å². The molecule has 1 aliphatic carbocycles. The van der Waals surface area contributed by atoms with Crippen LogP contribution < -0.4 is 0 Å². The smallest absolute Gasteiger partial charge is 0.0681 e. The lowest BCUT2D eigenvalue weighted by molar-refractivity contribution is -0.190. The molecule has 0 N–H and O–H groups in total. The molecular weight excluding hydrogens is 112 g/mol. The Labute approximate surface area is 56.4 Å². The van der Waals surface area contributed by atoms with Gasteiger partial charge in [0.2, 0.25) is 0 Å². The highest BCUT2D eigenvalue weighted by Crippen LogP contribution is 2.54. The fraction of sp³-hybridized carbons (Fsp3) is 1.00. The van der Waals surface area contributed by atoms with Crippen LogP contribution >= 0.6 is 0 Å².